The molecule has 1 amide bonds. The van der Waals surface area contributed by atoms with Crippen LogP contribution in [0.2, 0.25) is 0 Å². The van der Waals surface area contributed by atoms with Crippen molar-refractivity contribution in [1.29, 1.82) is 0 Å². The van der Waals surface area contributed by atoms with Crippen LogP contribution in [-0.4, -0.2) is 17.7 Å². The summed E-state index contributed by atoms with van der Waals surface area (Å²) in [5.74, 6) is 1.50. The van der Waals surface area contributed by atoms with Gasteiger partial charge in [-0.25, -0.2) is 0 Å². The molecular formula is C22H20N2O3. The maximum atomic E-state index is 12.6. The number of rotatable bonds is 6. The highest BCUT2D eigenvalue weighted by molar-refractivity contribution is 5.77. The van der Waals surface area contributed by atoms with Gasteiger partial charge in [-0.05, 0) is 47.4 Å². The van der Waals surface area contributed by atoms with Crippen LogP contribution >= 0.6 is 0 Å². The Morgan fingerprint density at radius 3 is 2.52 bits per heavy atom. The Morgan fingerprint density at radius 1 is 0.963 bits per heavy atom. The van der Waals surface area contributed by atoms with E-state index in [1.807, 2.05) is 60.7 Å². The Kier molecular flexibility index (Phi) is 5.01. The van der Waals surface area contributed by atoms with E-state index in [4.69, 9.17) is 9.47 Å². The zero-order chi connectivity index (χ0) is 18.5. The number of nitrogens with zero attached hydrogens (tertiary/aromatic N) is 1. The molecule has 136 valence electrons. The number of benzene rings is 2. The van der Waals surface area contributed by atoms with Crippen molar-refractivity contribution in [3.8, 4) is 11.5 Å². The predicted molar refractivity (Wildman–Crippen MR) is 102 cm³/mol. The average Bonchev–Trinajstić information content (AvgIpc) is 3.20. The maximum Gasteiger partial charge on any atom is 0.231 e. The van der Waals surface area contributed by atoms with E-state index in [9.17, 15) is 4.79 Å². The number of aryl methyl sites for hydroxylation is 1. The van der Waals surface area contributed by atoms with Gasteiger partial charge in [0.05, 0.1) is 6.04 Å². The molecule has 0 aliphatic carbocycles. The van der Waals surface area contributed by atoms with E-state index >= 15 is 0 Å². The fourth-order valence-electron chi connectivity index (χ4n) is 3.15. The number of hydrogen-bond donors (Lipinski definition) is 1. The van der Waals surface area contributed by atoms with Gasteiger partial charge >= 0.3 is 0 Å². The van der Waals surface area contributed by atoms with Gasteiger partial charge in [-0.1, -0.05) is 36.4 Å². The molecule has 27 heavy (non-hydrogen) atoms. The fourth-order valence-corrected chi connectivity index (χ4v) is 3.15. The van der Waals surface area contributed by atoms with Gasteiger partial charge in [-0.15, -0.1) is 0 Å². The second-order valence-corrected chi connectivity index (χ2v) is 6.38. The van der Waals surface area contributed by atoms with Gasteiger partial charge in [-0.2, -0.15) is 0 Å². The van der Waals surface area contributed by atoms with Crippen molar-refractivity contribution >= 4 is 5.91 Å². The molecule has 4 rings (SSSR count). The zero-order valence-corrected chi connectivity index (χ0v) is 14.8. The highest BCUT2D eigenvalue weighted by Crippen LogP contribution is 2.32. The second-order valence-electron chi connectivity index (χ2n) is 6.38. The summed E-state index contributed by atoms with van der Waals surface area (Å²) in [6, 6.07) is 19.4. The molecular weight excluding hydrogens is 340 g/mol. The largest absolute Gasteiger partial charge is 0.454 e. The van der Waals surface area contributed by atoms with E-state index in [1.54, 1.807) is 12.4 Å². The Labute approximate surface area is 158 Å². The first-order chi connectivity index (χ1) is 13.3. The van der Waals surface area contributed by atoms with Gasteiger partial charge in [0.15, 0.2) is 11.5 Å². The molecule has 2 aromatic carbocycles. The molecule has 2 heterocycles. The third-order valence-corrected chi connectivity index (χ3v) is 4.56. The van der Waals surface area contributed by atoms with Crippen molar-refractivity contribution in [2.45, 2.75) is 18.9 Å². The van der Waals surface area contributed by atoms with Crippen molar-refractivity contribution < 1.29 is 14.3 Å². The van der Waals surface area contributed by atoms with E-state index in [0.717, 1.165) is 28.2 Å². The molecule has 0 spiro atoms. The van der Waals surface area contributed by atoms with Crippen molar-refractivity contribution in [2.75, 3.05) is 6.79 Å². The molecule has 1 aliphatic rings. The molecule has 1 aliphatic heterocycles. The van der Waals surface area contributed by atoms with Gasteiger partial charge < -0.3 is 14.8 Å². The van der Waals surface area contributed by atoms with Crippen LogP contribution in [0.1, 0.15) is 29.2 Å². The van der Waals surface area contributed by atoms with Crippen molar-refractivity contribution in [1.82, 2.24) is 10.3 Å². The maximum absolute atomic E-state index is 12.6. The summed E-state index contributed by atoms with van der Waals surface area (Å²) in [5, 5.41) is 3.15. The lowest BCUT2D eigenvalue weighted by Gasteiger charge is -2.19. The number of pyridine rings is 1. The molecule has 3 aromatic rings. The number of ether oxygens (including phenoxy) is 2. The van der Waals surface area contributed by atoms with E-state index in [2.05, 4.69) is 10.3 Å². The fraction of sp³-hybridized carbons (Fsp3) is 0.182. The lowest BCUT2D eigenvalue weighted by atomic mass is 9.99. The standard InChI is InChI=1S/C22H20N2O3/c25-21(9-7-16-6-8-19-20(14-16)27-15-26-19)24-22(17-4-2-1-3-5-17)18-10-12-23-13-11-18/h1-6,8,10-14,22H,7,9,15H2,(H,24,25). The minimum absolute atomic E-state index is 0.00154. The molecule has 1 aromatic heterocycles. The summed E-state index contributed by atoms with van der Waals surface area (Å²) < 4.78 is 10.7. The Balaban J connectivity index is 1.44. The second kappa shape index (κ2) is 7.91. The number of hydrogen-bond acceptors (Lipinski definition) is 4. The lowest BCUT2D eigenvalue weighted by molar-refractivity contribution is -0.121. The van der Waals surface area contributed by atoms with Gasteiger partial charge in [0.2, 0.25) is 12.7 Å². The Bertz CT molecular complexity index is 874. The Hall–Kier alpha value is -3.34. The molecule has 5 nitrogen and oxygen atoms in total. The number of carbonyl (C=O) groups is 1. The predicted octanol–water partition coefficient (Wildman–Crippen LogP) is 3.65. The van der Waals surface area contributed by atoms with Crippen LogP contribution in [-0.2, 0) is 11.2 Å². The number of nitrogens with one attached hydrogen (secondary N) is 1. The first-order valence-corrected chi connectivity index (χ1v) is 8.92. The minimum Gasteiger partial charge on any atom is -0.454 e. The number of fused-ring (bicyclic) bond motifs is 1. The number of amides is 1. The summed E-state index contributed by atoms with van der Waals surface area (Å²) in [7, 11) is 0. The monoisotopic (exact) mass is 360 g/mol. The van der Waals surface area contributed by atoms with Crippen molar-refractivity contribution in [3.63, 3.8) is 0 Å². The molecule has 1 unspecified atom stereocenters. The highest BCUT2D eigenvalue weighted by atomic mass is 16.7. The highest BCUT2D eigenvalue weighted by Gasteiger charge is 2.17. The third-order valence-electron chi connectivity index (χ3n) is 4.56. The topological polar surface area (TPSA) is 60.5 Å². The zero-order valence-electron chi connectivity index (χ0n) is 14.8. The van der Waals surface area contributed by atoms with Gasteiger partial charge in [-0.3, -0.25) is 9.78 Å². The molecule has 5 heteroatoms. The van der Waals surface area contributed by atoms with Gasteiger partial charge in [0.25, 0.3) is 0 Å². The normalized spacial score (nSPS) is 13.2. The molecule has 0 saturated carbocycles. The van der Waals surface area contributed by atoms with Crippen LogP contribution in [0.3, 0.4) is 0 Å². The van der Waals surface area contributed by atoms with Crippen LogP contribution in [0.5, 0.6) is 11.5 Å². The van der Waals surface area contributed by atoms with Crippen LogP contribution in [0.4, 0.5) is 0 Å². The molecule has 0 radical (unpaired) electrons. The summed E-state index contributed by atoms with van der Waals surface area (Å²) in [5.41, 5.74) is 3.10. The SMILES string of the molecule is O=C(CCc1ccc2c(c1)OCO2)NC(c1ccccc1)c1ccncc1. The molecule has 0 saturated heterocycles. The van der Waals surface area contributed by atoms with Crippen LogP contribution < -0.4 is 14.8 Å². The van der Waals surface area contributed by atoms with E-state index in [0.29, 0.717) is 12.8 Å². The van der Waals surface area contributed by atoms with Gasteiger partial charge in [0, 0.05) is 18.8 Å². The average molecular weight is 360 g/mol. The number of carbonyl (C=O) groups excluding carboxylic acids is 1. The van der Waals surface area contributed by atoms with E-state index in [1.165, 1.54) is 0 Å². The summed E-state index contributed by atoms with van der Waals surface area (Å²) in [6.45, 7) is 0.254. The summed E-state index contributed by atoms with van der Waals surface area (Å²) in [6.07, 6.45) is 4.52. The van der Waals surface area contributed by atoms with Crippen LogP contribution in [0, 0.1) is 0 Å². The molecule has 1 N–H and O–H groups in total. The molecule has 0 fully saturated rings. The first kappa shape index (κ1) is 17.1. The lowest BCUT2D eigenvalue weighted by Crippen LogP contribution is -2.29. The Morgan fingerprint density at radius 2 is 1.70 bits per heavy atom. The van der Waals surface area contributed by atoms with Crippen molar-refractivity contribution in [2.24, 2.45) is 0 Å². The summed E-state index contributed by atoms with van der Waals surface area (Å²) in [4.78, 5) is 16.7. The number of aromatic nitrogens is 1. The van der Waals surface area contributed by atoms with Crippen LogP contribution in [0.25, 0.3) is 0 Å². The quantitative estimate of drug-likeness (QED) is 0.729. The van der Waals surface area contributed by atoms with Crippen LogP contribution in [0.15, 0.2) is 73.1 Å². The smallest absolute Gasteiger partial charge is 0.231 e. The third kappa shape index (κ3) is 4.08. The molecule has 0 bridgehead atoms. The van der Waals surface area contributed by atoms with Gasteiger partial charge in [0.1, 0.15) is 0 Å². The molecule has 1 atom stereocenters. The summed E-state index contributed by atoms with van der Waals surface area (Å²) >= 11 is 0. The van der Waals surface area contributed by atoms with E-state index in [-0.39, 0.29) is 18.7 Å². The minimum atomic E-state index is -0.196. The van der Waals surface area contributed by atoms with E-state index < -0.39 is 0 Å². The van der Waals surface area contributed by atoms with Crippen molar-refractivity contribution in [3.05, 3.63) is 89.7 Å². The first-order valence-electron chi connectivity index (χ1n) is 8.92.